The molecular weight excluding hydrogens is 246 g/mol. The van der Waals surface area contributed by atoms with Gasteiger partial charge >= 0.3 is 5.97 Å². The van der Waals surface area contributed by atoms with Crippen molar-refractivity contribution in [1.82, 2.24) is 15.1 Å². The molecule has 6 heteroatoms. The molecule has 110 valence electrons. The summed E-state index contributed by atoms with van der Waals surface area (Å²) in [5, 5.41) is 2.85. The Bertz CT molecular complexity index is 302. The van der Waals surface area contributed by atoms with Crippen LogP contribution in [0, 0.1) is 0 Å². The van der Waals surface area contributed by atoms with E-state index < -0.39 is 0 Å². The summed E-state index contributed by atoms with van der Waals surface area (Å²) < 4.78 is 4.63. The highest BCUT2D eigenvalue weighted by atomic mass is 16.5. The third-order valence-electron chi connectivity index (χ3n) is 3.54. The summed E-state index contributed by atoms with van der Waals surface area (Å²) in [7, 11) is 1.41. The van der Waals surface area contributed by atoms with Gasteiger partial charge in [0.2, 0.25) is 5.91 Å². The van der Waals surface area contributed by atoms with Crippen LogP contribution in [0.1, 0.15) is 20.3 Å². The number of carbonyl (C=O) groups is 2. The number of hydrogen-bond acceptors (Lipinski definition) is 5. The van der Waals surface area contributed by atoms with E-state index in [1.165, 1.54) is 7.11 Å². The molecular formula is C13H25N3O3. The fourth-order valence-electron chi connectivity index (χ4n) is 2.21. The molecule has 19 heavy (non-hydrogen) atoms. The molecule has 1 N–H and O–H groups in total. The van der Waals surface area contributed by atoms with E-state index in [0.717, 1.165) is 32.7 Å². The minimum atomic E-state index is -0.168. The lowest BCUT2D eigenvalue weighted by Crippen LogP contribution is -2.54. The Balaban J connectivity index is 2.28. The van der Waals surface area contributed by atoms with E-state index >= 15 is 0 Å². The first-order valence-corrected chi connectivity index (χ1v) is 6.89. The van der Waals surface area contributed by atoms with Crippen LogP contribution in [-0.4, -0.2) is 74.1 Å². The van der Waals surface area contributed by atoms with Gasteiger partial charge in [0.05, 0.1) is 19.6 Å². The molecule has 0 saturated carbocycles. The monoisotopic (exact) mass is 271 g/mol. The van der Waals surface area contributed by atoms with Gasteiger partial charge in [0.1, 0.15) is 0 Å². The second kappa shape index (κ2) is 8.12. The number of nitrogens with zero attached hydrogens (tertiary/aromatic N) is 2. The molecule has 1 unspecified atom stereocenters. The highest BCUT2D eigenvalue weighted by molar-refractivity contribution is 5.81. The molecule has 0 aromatic carbocycles. The summed E-state index contributed by atoms with van der Waals surface area (Å²) in [6.45, 7) is 8.77. The van der Waals surface area contributed by atoms with Gasteiger partial charge in [-0.05, 0) is 13.8 Å². The molecule has 0 bridgehead atoms. The number of hydrogen-bond donors (Lipinski definition) is 1. The van der Waals surface area contributed by atoms with Crippen molar-refractivity contribution < 1.29 is 14.3 Å². The van der Waals surface area contributed by atoms with Crippen LogP contribution in [0.4, 0.5) is 0 Å². The summed E-state index contributed by atoms with van der Waals surface area (Å²) >= 11 is 0. The molecule has 1 aliphatic heterocycles. The lowest BCUT2D eigenvalue weighted by Gasteiger charge is -2.37. The van der Waals surface area contributed by atoms with Crippen molar-refractivity contribution in [3.05, 3.63) is 0 Å². The number of ether oxygens (including phenoxy) is 1. The molecule has 0 spiro atoms. The van der Waals surface area contributed by atoms with E-state index in [1.54, 1.807) is 0 Å². The molecule has 1 atom stereocenters. The Kier molecular flexibility index (Phi) is 6.80. The van der Waals surface area contributed by atoms with Crippen LogP contribution >= 0.6 is 0 Å². The number of piperazine rings is 1. The lowest BCUT2D eigenvalue weighted by molar-refractivity contribution is -0.141. The molecule has 0 aliphatic carbocycles. The van der Waals surface area contributed by atoms with E-state index in [0.29, 0.717) is 13.0 Å². The first kappa shape index (κ1) is 15.9. The van der Waals surface area contributed by atoms with Gasteiger partial charge in [0, 0.05) is 39.3 Å². The average Bonchev–Trinajstić information content (AvgIpc) is 2.44. The van der Waals surface area contributed by atoms with Gasteiger partial charge in [-0.25, -0.2) is 0 Å². The van der Waals surface area contributed by atoms with Crippen LogP contribution in [0.25, 0.3) is 0 Å². The van der Waals surface area contributed by atoms with E-state index in [9.17, 15) is 9.59 Å². The quantitative estimate of drug-likeness (QED) is 0.672. The van der Waals surface area contributed by atoms with Crippen LogP contribution < -0.4 is 5.32 Å². The third-order valence-corrected chi connectivity index (χ3v) is 3.54. The van der Waals surface area contributed by atoms with E-state index in [-0.39, 0.29) is 17.9 Å². The number of likely N-dealkylation sites (N-methyl/N-ethyl adjacent to an activating group) is 1. The van der Waals surface area contributed by atoms with Crippen molar-refractivity contribution in [3.63, 3.8) is 0 Å². The predicted molar refractivity (Wildman–Crippen MR) is 72.8 cm³/mol. The van der Waals surface area contributed by atoms with Crippen molar-refractivity contribution in [2.45, 2.75) is 26.3 Å². The highest BCUT2D eigenvalue weighted by Crippen LogP contribution is 2.07. The van der Waals surface area contributed by atoms with Crippen molar-refractivity contribution in [2.75, 3.05) is 46.4 Å². The number of esters is 1. The van der Waals surface area contributed by atoms with Gasteiger partial charge in [-0.2, -0.15) is 0 Å². The second-order valence-electron chi connectivity index (χ2n) is 4.77. The van der Waals surface area contributed by atoms with Crippen LogP contribution in [0.3, 0.4) is 0 Å². The minimum Gasteiger partial charge on any atom is -0.469 e. The number of carbonyl (C=O) groups excluding carboxylic acids is 2. The van der Waals surface area contributed by atoms with Crippen molar-refractivity contribution in [3.8, 4) is 0 Å². The standard InChI is InChI=1S/C13H25N3O3/c1-4-14-13(18)11(2)16-9-7-15(8-10-16)6-5-12(17)19-3/h11H,4-10H2,1-3H3,(H,14,18). The maximum Gasteiger partial charge on any atom is 0.306 e. The summed E-state index contributed by atoms with van der Waals surface area (Å²) in [4.78, 5) is 27.2. The first-order valence-electron chi connectivity index (χ1n) is 6.89. The Morgan fingerprint density at radius 1 is 1.26 bits per heavy atom. The number of methoxy groups -OCH3 is 1. The zero-order chi connectivity index (χ0) is 14.3. The zero-order valence-corrected chi connectivity index (χ0v) is 12.1. The molecule has 0 aromatic heterocycles. The van der Waals surface area contributed by atoms with Gasteiger partial charge in [-0.15, -0.1) is 0 Å². The molecule has 1 heterocycles. The molecule has 1 amide bonds. The summed E-state index contributed by atoms with van der Waals surface area (Å²) in [6.07, 6.45) is 0.433. The Morgan fingerprint density at radius 3 is 2.42 bits per heavy atom. The number of rotatable bonds is 6. The third kappa shape index (κ3) is 5.16. The Labute approximate surface area is 115 Å². The summed E-state index contributed by atoms with van der Waals surface area (Å²) in [5.74, 6) is -0.0800. The van der Waals surface area contributed by atoms with Crippen molar-refractivity contribution in [2.24, 2.45) is 0 Å². The van der Waals surface area contributed by atoms with Crippen LogP contribution in [0.2, 0.25) is 0 Å². The Hall–Kier alpha value is -1.14. The van der Waals surface area contributed by atoms with Crippen LogP contribution in [0.5, 0.6) is 0 Å². The molecule has 1 saturated heterocycles. The van der Waals surface area contributed by atoms with E-state index in [4.69, 9.17) is 0 Å². The predicted octanol–water partition coefficient (Wildman–Crippen LogP) is -0.308. The molecule has 6 nitrogen and oxygen atoms in total. The fraction of sp³-hybridized carbons (Fsp3) is 0.846. The molecule has 1 fully saturated rings. The van der Waals surface area contributed by atoms with Crippen molar-refractivity contribution in [1.29, 1.82) is 0 Å². The summed E-state index contributed by atoms with van der Waals surface area (Å²) in [6, 6.07) is -0.0808. The normalized spacial score (nSPS) is 18.9. The molecule has 0 radical (unpaired) electrons. The molecule has 0 aromatic rings. The smallest absolute Gasteiger partial charge is 0.306 e. The van der Waals surface area contributed by atoms with Crippen LogP contribution in [0.15, 0.2) is 0 Å². The number of amides is 1. The Morgan fingerprint density at radius 2 is 1.89 bits per heavy atom. The highest BCUT2D eigenvalue weighted by Gasteiger charge is 2.25. The maximum absolute atomic E-state index is 11.8. The van der Waals surface area contributed by atoms with E-state index in [1.807, 2.05) is 13.8 Å². The largest absolute Gasteiger partial charge is 0.469 e. The summed E-state index contributed by atoms with van der Waals surface area (Å²) in [5.41, 5.74) is 0. The van der Waals surface area contributed by atoms with Gasteiger partial charge in [0.25, 0.3) is 0 Å². The van der Waals surface area contributed by atoms with Crippen LogP contribution in [-0.2, 0) is 14.3 Å². The van der Waals surface area contributed by atoms with Gasteiger partial charge in [-0.3, -0.25) is 14.5 Å². The lowest BCUT2D eigenvalue weighted by atomic mass is 10.2. The first-order chi connectivity index (χ1) is 9.08. The average molecular weight is 271 g/mol. The SMILES string of the molecule is CCNC(=O)C(C)N1CCN(CCC(=O)OC)CC1. The van der Waals surface area contributed by atoms with E-state index in [2.05, 4.69) is 19.9 Å². The molecule has 1 aliphatic rings. The van der Waals surface area contributed by atoms with Crippen molar-refractivity contribution >= 4 is 11.9 Å². The maximum atomic E-state index is 11.8. The molecule has 1 rings (SSSR count). The fourth-order valence-corrected chi connectivity index (χ4v) is 2.21. The minimum absolute atomic E-state index is 0.0808. The zero-order valence-electron chi connectivity index (χ0n) is 12.1. The van der Waals surface area contributed by atoms with Gasteiger partial charge < -0.3 is 15.0 Å². The van der Waals surface area contributed by atoms with Gasteiger partial charge in [0.15, 0.2) is 0 Å². The number of nitrogens with one attached hydrogen (secondary N) is 1. The topological polar surface area (TPSA) is 61.9 Å². The van der Waals surface area contributed by atoms with Gasteiger partial charge in [-0.1, -0.05) is 0 Å². The second-order valence-corrected chi connectivity index (χ2v) is 4.77.